The van der Waals surface area contributed by atoms with Gasteiger partial charge in [-0.2, -0.15) is 0 Å². The predicted octanol–water partition coefficient (Wildman–Crippen LogP) is 2.75. The van der Waals surface area contributed by atoms with Crippen molar-refractivity contribution in [2.45, 2.75) is 32.8 Å². The third kappa shape index (κ3) is 5.32. The average Bonchev–Trinajstić information content (AvgIpc) is 2.24. The van der Waals surface area contributed by atoms with Gasteiger partial charge in [-0.25, -0.2) is 4.79 Å². The number of carbonyl (C=O) groups is 1. The van der Waals surface area contributed by atoms with E-state index in [0.717, 1.165) is 13.0 Å². The van der Waals surface area contributed by atoms with Crippen molar-refractivity contribution in [3.8, 4) is 0 Å². The van der Waals surface area contributed by atoms with Gasteiger partial charge in [-0.3, -0.25) is 0 Å². The highest BCUT2D eigenvalue weighted by Crippen LogP contribution is 2.13. The van der Waals surface area contributed by atoms with Crippen molar-refractivity contribution >= 4 is 5.97 Å². The number of benzene rings is 1. The van der Waals surface area contributed by atoms with Crippen LogP contribution in [0.5, 0.6) is 0 Å². The van der Waals surface area contributed by atoms with Gasteiger partial charge in [0.1, 0.15) is 5.60 Å². The van der Waals surface area contributed by atoms with E-state index in [1.54, 1.807) is 0 Å². The lowest BCUT2D eigenvalue weighted by molar-refractivity contribution is 0.00695. The van der Waals surface area contributed by atoms with E-state index in [1.165, 1.54) is 5.56 Å². The third-order valence-corrected chi connectivity index (χ3v) is 2.44. The van der Waals surface area contributed by atoms with Crippen LogP contribution in [-0.4, -0.2) is 37.1 Å². The molecule has 3 heteroatoms. The lowest BCUT2D eigenvalue weighted by atomic mass is 10.1. The first-order valence-corrected chi connectivity index (χ1v) is 6.25. The quantitative estimate of drug-likeness (QED) is 0.768. The molecule has 1 aromatic carbocycles. The van der Waals surface area contributed by atoms with Crippen LogP contribution in [0.25, 0.3) is 0 Å². The zero-order valence-corrected chi connectivity index (χ0v) is 12.0. The van der Waals surface area contributed by atoms with Crippen LogP contribution >= 0.6 is 0 Å². The molecule has 1 aromatic rings. The van der Waals surface area contributed by atoms with Crippen molar-refractivity contribution in [3.63, 3.8) is 0 Å². The molecule has 0 fully saturated rings. The molecule has 0 N–H and O–H groups in total. The smallest absolute Gasteiger partial charge is 0.338 e. The fourth-order valence-electron chi connectivity index (χ4n) is 1.50. The number of esters is 1. The Morgan fingerprint density at radius 1 is 1.17 bits per heavy atom. The van der Waals surface area contributed by atoms with Crippen molar-refractivity contribution in [1.29, 1.82) is 0 Å². The Hall–Kier alpha value is -1.35. The van der Waals surface area contributed by atoms with E-state index in [1.807, 2.05) is 45.0 Å². The fraction of sp³-hybridized carbons (Fsp3) is 0.533. The Bertz CT molecular complexity index is 388. The van der Waals surface area contributed by atoms with Gasteiger partial charge in [-0.15, -0.1) is 0 Å². The summed E-state index contributed by atoms with van der Waals surface area (Å²) in [4.78, 5) is 13.9. The Balaban J connectivity index is 2.62. The summed E-state index contributed by atoms with van der Waals surface area (Å²) in [6.45, 7) is 6.62. The summed E-state index contributed by atoms with van der Waals surface area (Å²) >= 11 is 0. The number of hydrogen-bond donors (Lipinski definition) is 0. The molecule has 18 heavy (non-hydrogen) atoms. The van der Waals surface area contributed by atoms with Crippen molar-refractivity contribution in [2.75, 3.05) is 20.6 Å². The maximum atomic E-state index is 11.8. The SMILES string of the molecule is CN(C)CCc1ccc(C(=O)OC(C)(C)C)cc1. The first-order chi connectivity index (χ1) is 8.28. The molecule has 3 nitrogen and oxygen atoms in total. The average molecular weight is 249 g/mol. The fourth-order valence-corrected chi connectivity index (χ4v) is 1.50. The number of hydrogen-bond acceptors (Lipinski definition) is 3. The molecular formula is C15H23NO2. The minimum Gasteiger partial charge on any atom is -0.456 e. The second-order valence-electron chi connectivity index (χ2n) is 5.75. The van der Waals surface area contributed by atoms with Crippen molar-refractivity contribution in [1.82, 2.24) is 4.90 Å². The van der Waals surface area contributed by atoms with E-state index in [9.17, 15) is 4.79 Å². The first kappa shape index (κ1) is 14.7. The van der Waals surface area contributed by atoms with E-state index in [-0.39, 0.29) is 5.97 Å². The molecule has 0 saturated heterocycles. The lowest BCUT2D eigenvalue weighted by Gasteiger charge is -2.19. The van der Waals surface area contributed by atoms with Gasteiger partial charge in [0.15, 0.2) is 0 Å². The van der Waals surface area contributed by atoms with Gasteiger partial charge in [0, 0.05) is 6.54 Å². The minimum absolute atomic E-state index is 0.262. The minimum atomic E-state index is -0.444. The van der Waals surface area contributed by atoms with Gasteiger partial charge in [-0.1, -0.05) is 12.1 Å². The van der Waals surface area contributed by atoms with Crippen molar-refractivity contribution < 1.29 is 9.53 Å². The van der Waals surface area contributed by atoms with Gasteiger partial charge in [-0.05, 0) is 59.0 Å². The summed E-state index contributed by atoms with van der Waals surface area (Å²) in [5.41, 5.74) is 1.40. The zero-order chi connectivity index (χ0) is 13.8. The molecule has 0 aliphatic carbocycles. The molecular weight excluding hydrogens is 226 g/mol. The summed E-state index contributed by atoms with van der Waals surface area (Å²) in [5.74, 6) is -0.262. The van der Waals surface area contributed by atoms with Crippen LogP contribution in [0.15, 0.2) is 24.3 Å². The third-order valence-electron chi connectivity index (χ3n) is 2.44. The Kier molecular flexibility index (Phi) is 4.91. The van der Waals surface area contributed by atoms with Crippen molar-refractivity contribution in [3.05, 3.63) is 35.4 Å². The second kappa shape index (κ2) is 6.01. The predicted molar refractivity (Wildman–Crippen MR) is 73.9 cm³/mol. The van der Waals surface area contributed by atoms with E-state index < -0.39 is 5.60 Å². The second-order valence-corrected chi connectivity index (χ2v) is 5.75. The number of ether oxygens (including phenoxy) is 1. The van der Waals surface area contributed by atoms with Gasteiger partial charge in [0.2, 0.25) is 0 Å². The van der Waals surface area contributed by atoms with Crippen LogP contribution in [0.4, 0.5) is 0 Å². The van der Waals surface area contributed by atoms with Crippen LogP contribution in [0.1, 0.15) is 36.7 Å². The van der Waals surface area contributed by atoms with Gasteiger partial charge in [0.05, 0.1) is 5.56 Å². The zero-order valence-electron chi connectivity index (χ0n) is 12.0. The maximum absolute atomic E-state index is 11.8. The normalized spacial score (nSPS) is 11.7. The standard InChI is InChI=1S/C15H23NO2/c1-15(2,3)18-14(17)13-8-6-12(7-9-13)10-11-16(4)5/h6-9H,10-11H2,1-5H3. The first-order valence-electron chi connectivity index (χ1n) is 6.25. The Morgan fingerprint density at radius 2 is 1.72 bits per heavy atom. The van der Waals surface area contributed by atoms with E-state index in [0.29, 0.717) is 5.56 Å². The Morgan fingerprint density at radius 3 is 2.17 bits per heavy atom. The van der Waals surface area contributed by atoms with Gasteiger partial charge in [0.25, 0.3) is 0 Å². The van der Waals surface area contributed by atoms with Gasteiger partial charge >= 0.3 is 5.97 Å². The lowest BCUT2D eigenvalue weighted by Crippen LogP contribution is -2.23. The van der Waals surface area contributed by atoms with E-state index in [4.69, 9.17) is 4.74 Å². The topological polar surface area (TPSA) is 29.5 Å². The molecule has 1 rings (SSSR count). The molecule has 0 saturated carbocycles. The molecule has 0 unspecified atom stereocenters. The molecule has 0 aliphatic rings. The van der Waals surface area contributed by atoms with Crippen LogP contribution in [-0.2, 0) is 11.2 Å². The van der Waals surface area contributed by atoms with Crippen LogP contribution < -0.4 is 0 Å². The molecule has 100 valence electrons. The summed E-state index contributed by atoms with van der Waals surface area (Å²) in [6, 6.07) is 7.64. The monoisotopic (exact) mass is 249 g/mol. The summed E-state index contributed by atoms with van der Waals surface area (Å²) in [6.07, 6.45) is 0.988. The summed E-state index contributed by atoms with van der Waals surface area (Å²) < 4.78 is 5.31. The van der Waals surface area contributed by atoms with E-state index >= 15 is 0 Å². The molecule has 0 bridgehead atoms. The Labute approximate surface area is 110 Å². The molecule has 0 spiro atoms. The molecule has 0 aromatic heterocycles. The number of nitrogens with zero attached hydrogens (tertiary/aromatic N) is 1. The highest BCUT2D eigenvalue weighted by Gasteiger charge is 2.17. The summed E-state index contributed by atoms with van der Waals surface area (Å²) in [7, 11) is 4.10. The molecule has 0 amide bonds. The highest BCUT2D eigenvalue weighted by molar-refractivity contribution is 5.89. The molecule has 0 atom stereocenters. The highest BCUT2D eigenvalue weighted by atomic mass is 16.6. The molecule has 0 radical (unpaired) electrons. The number of carbonyl (C=O) groups excluding carboxylic acids is 1. The van der Waals surface area contributed by atoms with E-state index in [2.05, 4.69) is 19.0 Å². The van der Waals surface area contributed by atoms with Crippen molar-refractivity contribution in [2.24, 2.45) is 0 Å². The van der Waals surface area contributed by atoms with Gasteiger partial charge < -0.3 is 9.64 Å². The van der Waals surface area contributed by atoms with Crippen LogP contribution in [0, 0.1) is 0 Å². The molecule has 0 heterocycles. The summed E-state index contributed by atoms with van der Waals surface area (Å²) in [5, 5.41) is 0. The van der Waals surface area contributed by atoms with Crippen LogP contribution in [0.3, 0.4) is 0 Å². The number of likely N-dealkylation sites (N-methyl/N-ethyl adjacent to an activating group) is 1. The number of rotatable bonds is 4. The molecule has 0 aliphatic heterocycles. The van der Waals surface area contributed by atoms with Crippen LogP contribution in [0.2, 0.25) is 0 Å². The maximum Gasteiger partial charge on any atom is 0.338 e. The largest absolute Gasteiger partial charge is 0.456 e.